The van der Waals surface area contributed by atoms with Crippen LogP contribution in [-0.2, 0) is 0 Å². The van der Waals surface area contributed by atoms with Crippen molar-refractivity contribution in [2.24, 2.45) is 0 Å². The van der Waals surface area contributed by atoms with Crippen LogP contribution in [0.4, 0.5) is 0 Å². The molecule has 3 aromatic heterocycles. The standard InChI is InChI=1S/C54H35N3/c1-3-18-36(19-4-1)38-26-15-27-39(37-20-5-2-6-21-37)52(38)57-49-33-14-10-25-43(49)45-29-17-35-51(54(45)57)56-48-32-13-9-24-42(48)44-28-16-34-50(53(44)56)55-46-30-11-7-22-40(46)41-23-8-12-31-47(41)55/h1-35H. The first-order valence-corrected chi connectivity index (χ1v) is 19.6. The molecule has 0 bridgehead atoms. The van der Waals surface area contributed by atoms with E-state index in [0.717, 1.165) is 17.1 Å². The summed E-state index contributed by atoms with van der Waals surface area (Å²) in [5.74, 6) is 0. The maximum atomic E-state index is 2.55. The van der Waals surface area contributed by atoms with Gasteiger partial charge in [0.05, 0.1) is 50.2 Å². The van der Waals surface area contributed by atoms with Crippen molar-refractivity contribution in [2.45, 2.75) is 0 Å². The van der Waals surface area contributed by atoms with Crippen LogP contribution >= 0.6 is 0 Å². The number of nitrogens with zero attached hydrogens (tertiary/aromatic N) is 3. The van der Waals surface area contributed by atoms with Crippen LogP contribution in [0.15, 0.2) is 212 Å². The molecule has 3 nitrogen and oxygen atoms in total. The number of benzene rings is 9. The van der Waals surface area contributed by atoms with Crippen LogP contribution in [0.1, 0.15) is 0 Å². The number of para-hydroxylation sites is 7. The molecular weight excluding hydrogens is 691 g/mol. The fraction of sp³-hybridized carbons (Fsp3) is 0. The Morgan fingerprint density at radius 1 is 0.228 bits per heavy atom. The molecule has 0 aliphatic rings. The minimum atomic E-state index is 1.13. The van der Waals surface area contributed by atoms with Crippen LogP contribution < -0.4 is 0 Å². The van der Waals surface area contributed by atoms with Gasteiger partial charge in [0.1, 0.15) is 0 Å². The quantitative estimate of drug-likeness (QED) is 0.168. The number of aromatic nitrogens is 3. The molecule has 3 heterocycles. The summed E-state index contributed by atoms with van der Waals surface area (Å²) in [7, 11) is 0. The molecule has 0 amide bonds. The highest BCUT2D eigenvalue weighted by atomic mass is 15.1. The van der Waals surface area contributed by atoms with Gasteiger partial charge in [-0.05, 0) is 47.5 Å². The van der Waals surface area contributed by atoms with Crippen molar-refractivity contribution in [2.75, 3.05) is 0 Å². The number of fused-ring (bicyclic) bond motifs is 9. The Hall–Kier alpha value is -7.62. The molecule has 0 saturated heterocycles. The minimum absolute atomic E-state index is 1.13. The molecule has 12 aromatic rings. The van der Waals surface area contributed by atoms with Crippen LogP contribution in [0.3, 0.4) is 0 Å². The van der Waals surface area contributed by atoms with Gasteiger partial charge < -0.3 is 13.7 Å². The van der Waals surface area contributed by atoms with E-state index in [1.165, 1.54) is 87.7 Å². The van der Waals surface area contributed by atoms with Gasteiger partial charge >= 0.3 is 0 Å². The van der Waals surface area contributed by atoms with E-state index in [1.807, 2.05) is 0 Å². The van der Waals surface area contributed by atoms with E-state index >= 15 is 0 Å². The molecule has 0 N–H and O–H groups in total. The van der Waals surface area contributed by atoms with Gasteiger partial charge in [0.25, 0.3) is 0 Å². The first-order valence-electron chi connectivity index (χ1n) is 19.6. The van der Waals surface area contributed by atoms with Gasteiger partial charge in [0, 0.05) is 43.4 Å². The molecule has 12 rings (SSSR count). The fourth-order valence-corrected chi connectivity index (χ4v) is 9.51. The Bertz CT molecular complexity index is 3400. The van der Waals surface area contributed by atoms with Gasteiger partial charge in [-0.25, -0.2) is 0 Å². The summed E-state index contributed by atoms with van der Waals surface area (Å²) in [5, 5.41) is 7.38. The van der Waals surface area contributed by atoms with E-state index in [4.69, 9.17) is 0 Å². The second kappa shape index (κ2) is 12.5. The van der Waals surface area contributed by atoms with Gasteiger partial charge in [0.2, 0.25) is 0 Å². The minimum Gasteiger partial charge on any atom is -0.307 e. The summed E-state index contributed by atoms with van der Waals surface area (Å²) in [5.41, 5.74) is 15.2. The molecule has 0 radical (unpaired) electrons. The summed E-state index contributed by atoms with van der Waals surface area (Å²) in [6.07, 6.45) is 0. The van der Waals surface area contributed by atoms with Gasteiger partial charge in [0.15, 0.2) is 0 Å². The van der Waals surface area contributed by atoms with E-state index in [-0.39, 0.29) is 0 Å². The zero-order valence-electron chi connectivity index (χ0n) is 31.0. The third-order valence-electron chi connectivity index (χ3n) is 11.8. The number of hydrogen-bond acceptors (Lipinski definition) is 0. The fourth-order valence-electron chi connectivity index (χ4n) is 9.51. The smallest absolute Gasteiger partial charge is 0.0783 e. The summed E-state index contributed by atoms with van der Waals surface area (Å²) in [4.78, 5) is 0. The third kappa shape index (κ3) is 4.60. The van der Waals surface area contributed by atoms with E-state index < -0.39 is 0 Å². The predicted molar refractivity (Wildman–Crippen MR) is 240 cm³/mol. The molecule has 0 saturated carbocycles. The molecule has 57 heavy (non-hydrogen) atoms. The van der Waals surface area contributed by atoms with Crippen molar-refractivity contribution in [1.82, 2.24) is 13.7 Å². The van der Waals surface area contributed by atoms with Crippen molar-refractivity contribution in [3.8, 4) is 39.3 Å². The SMILES string of the molecule is c1ccc(-c2cccc(-c3ccccc3)c2-n2c3ccccc3c3cccc(-n4c5ccccc5c5cccc(-n6c7ccccc7c7ccccc76)c54)c32)cc1. The lowest BCUT2D eigenvalue weighted by atomic mass is 9.95. The average molecular weight is 726 g/mol. The van der Waals surface area contributed by atoms with Crippen LogP contribution in [0.2, 0.25) is 0 Å². The van der Waals surface area contributed by atoms with Gasteiger partial charge in [-0.1, -0.05) is 176 Å². The second-order valence-electron chi connectivity index (χ2n) is 14.9. The van der Waals surface area contributed by atoms with Gasteiger partial charge in [-0.3, -0.25) is 0 Å². The molecule has 0 aliphatic carbocycles. The number of rotatable bonds is 5. The van der Waals surface area contributed by atoms with E-state index in [1.54, 1.807) is 0 Å². The van der Waals surface area contributed by atoms with Gasteiger partial charge in [-0.2, -0.15) is 0 Å². The molecule has 0 atom stereocenters. The molecule has 9 aromatic carbocycles. The first-order chi connectivity index (χ1) is 28.3. The highest BCUT2D eigenvalue weighted by Gasteiger charge is 2.25. The Labute approximate surface area is 329 Å². The lowest BCUT2D eigenvalue weighted by Crippen LogP contribution is -2.05. The van der Waals surface area contributed by atoms with Crippen molar-refractivity contribution in [1.29, 1.82) is 0 Å². The Balaban J connectivity index is 1.28. The summed E-state index contributed by atoms with van der Waals surface area (Å²) in [6, 6.07) is 77.5. The molecule has 0 aliphatic heterocycles. The van der Waals surface area contributed by atoms with Crippen LogP contribution in [0.5, 0.6) is 0 Å². The third-order valence-corrected chi connectivity index (χ3v) is 11.8. The Kier molecular flexibility index (Phi) is 6.93. The topological polar surface area (TPSA) is 14.8 Å². The maximum Gasteiger partial charge on any atom is 0.0783 e. The molecule has 266 valence electrons. The number of hydrogen-bond donors (Lipinski definition) is 0. The second-order valence-corrected chi connectivity index (χ2v) is 14.9. The summed E-state index contributed by atoms with van der Waals surface area (Å²) in [6.45, 7) is 0. The average Bonchev–Trinajstić information content (AvgIpc) is 3.93. The van der Waals surface area contributed by atoms with Crippen molar-refractivity contribution in [3.05, 3.63) is 212 Å². The largest absolute Gasteiger partial charge is 0.307 e. The summed E-state index contributed by atoms with van der Waals surface area (Å²) < 4.78 is 7.55. The normalized spacial score (nSPS) is 11.9. The monoisotopic (exact) mass is 725 g/mol. The van der Waals surface area contributed by atoms with Crippen molar-refractivity contribution < 1.29 is 0 Å². The molecule has 3 heteroatoms. The van der Waals surface area contributed by atoms with Crippen LogP contribution in [0.25, 0.3) is 105 Å². The lowest BCUT2D eigenvalue weighted by Gasteiger charge is -2.21. The Morgan fingerprint density at radius 3 is 1.05 bits per heavy atom. The molecular formula is C54H35N3. The highest BCUT2D eigenvalue weighted by molar-refractivity contribution is 6.18. The van der Waals surface area contributed by atoms with Crippen LogP contribution in [0, 0.1) is 0 Å². The Morgan fingerprint density at radius 2 is 0.561 bits per heavy atom. The zero-order valence-corrected chi connectivity index (χ0v) is 31.0. The maximum absolute atomic E-state index is 2.55. The predicted octanol–water partition coefficient (Wildman–Crippen LogP) is 14.3. The first kappa shape index (κ1) is 31.7. The highest BCUT2D eigenvalue weighted by Crippen LogP contribution is 2.45. The molecule has 0 spiro atoms. The lowest BCUT2D eigenvalue weighted by molar-refractivity contribution is 1.11. The summed E-state index contributed by atoms with van der Waals surface area (Å²) >= 11 is 0. The zero-order chi connectivity index (χ0) is 37.5. The van der Waals surface area contributed by atoms with Crippen molar-refractivity contribution >= 4 is 65.4 Å². The van der Waals surface area contributed by atoms with Crippen LogP contribution in [-0.4, -0.2) is 13.7 Å². The van der Waals surface area contributed by atoms with E-state index in [9.17, 15) is 0 Å². The van der Waals surface area contributed by atoms with Gasteiger partial charge in [-0.15, -0.1) is 0 Å². The van der Waals surface area contributed by atoms with E-state index in [2.05, 4.69) is 226 Å². The molecule has 0 fully saturated rings. The van der Waals surface area contributed by atoms with Crippen molar-refractivity contribution in [3.63, 3.8) is 0 Å². The molecule has 0 unspecified atom stereocenters. The van der Waals surface area contributed by atoms with E-state index in [0.29, 0.717) is 0 Å².